The molecule has 0 aliphatic rings. The zero-order chi connectivity index (χ0) is 25.8. The molecule has 0 radical (unpaired) electrons. The van der Waals surface area contributed by atoms with E-state index in [0.29, 0.717) is 5.56 Å². The molecule has 2 aromatic carbocycles. The van der Waals surface area contributed by atoms with Gasteiger partial charge in [-0.25, -0.2) is 4.79 Å². The number of carboxylic acid groups (broad SMARTS) is 1. The lowest BCUT2D eigenvalue weighted by molar-refractivity contribution is -0.0599. The summed E-state index contributed by atoms with van der Waals surface area (Å²) in [6.07, 6.45) is 0.814. The molecule has 3 aromatic rings. The molecule has 0 spiro atoms. The maximum Gasteiger partial charge on any atom is 0.407 e. The zero-order valence-corrected chi connectivity index (χ0v) is 20.7. The molecule has 0 saturated heterocycles. The van der Waals surface area contributed by atoms with Gasteiger partial charge in [0, 0.05) is 32.3 Å². The van der Waals surface area contributed by atoms with E-state index in [0.717, 1.165) is 16.7 Å². The summed E-state index contributed by atoms with van der Waals surface area (Å²) in [4.78, 5) is 25.4. The molecule has 1 aromatic heterocycles. The average molecular weight is 479 g/mol. The maximum atomic E-state index is 12.2. The van der Waals surface area contributed by atoms with Crippen molar-refractivity contribution in [2.24, 2.45) is 7.05 Å². The predicted molar refractivity (Wildman–Crippen MR) is 136 cm³/mol. The number of nitrogens with zero attached hydrogens (tertiary/aromatic N) is 2. The van der Waals surface area contributed by atoms with Crippen LogP contribution in [0.4, 0.5) is 4.79 Å². The number of aromatic nitrogens is 1. The summed E-state index contributed by atoms with van der Waals surface area (Å²) in [6, 6.07) is 19.4. The summed E-state index contributed by atoms with van der Waals surface area (Å²) in [6.45, 7) is 5.14. The van der Waals surface area contributed by atoms with Crippen LogP contribution in [-0.2, 0) is 12.6 Å². The van der Waals surface area contributed by atoms with Crippen molar-refractivity contribution in [3.05, 3.63) is 94.4 Å². The van der Waals surface area contributed by atoms with Gasteiger partial charge in [-0.1, -0.05) is 54.6 Å². The van der Waals surface area contributed by atoms with Crippen LogP contribution in [0.1, 0.15) is 50.8 Å². The van der Waals surface area contributed by atoms with E-state index in [1.165, 1.54) is 9.47 Å². The van der Waals surface area contributed by atoms with Crippen LogP contribution in [0.2, 0.25) is 0 Å². The monoisotopic (exact) mass is 478 g/mol. The van der Waals surface area contributed by atoms with Crippen molar-refractivity contribution < 1.29 is 20.1 Å². The van der Waals surface area contributed by atoms with E-state index in [1.807, 2.05) is 48.5 Å². The highest BCUT2D eigenvalue weighted by atomic mass is 16.4. The number of amides is 1. The quantitative estimate of drug-likeness (QED) is 0.419. The van der Waals surface area contributed by atoms with Gasteiger partial charge >= 0.3 is 6.09 Å². The topological polar surface area (TPSA) is 103 Å². The summed E-state index contributed by atoms with van der Waals surface area (Å²) in [5.41, 5.74) is 0.457. The Morgan fingerprint density at radius 2 is 1.63 bits per heavy atom. The Hall–Kier alpha value is -3.42. The summed E-state index contributed by atoms with van der Waals surface area (Å²) in [5.74, 6) is 0. The molecule has 0 saturated carbocycles. The highest BCUT2D eigenvalue weighted by Gasteiger charge is 2.36. The van der Waals surface area contributed by atoms with Gasteiger partial charge in [0.1, 0.15) is 0 Å². The van der Waals surface area contributed by atoms with Crippen LogP contribution in [-0.4, -0.2) is 43.0 Å². The van der Waals surface area contributed by atoms with Gasteiger partial charge in [-0.05, 0) is 55.5 Å². The third kappa shape index (κ3) is 6.59. The average Bonchev–Trinajstić information content (AvgIpc) is 2.80. The van der Waals surface area contributed by atoms with Crippen LogP contribution in [0.5, 0.6) is 0 Å². The van der Waals surface area contributed by atoms with Gasteiger partial charge in [-0.15, -0.1) is 0 Å². The SMILES string of the molecule is C[C@@H](c1ccc(-c2ccn(C)c(=O)c2)cc1)N(CC[C@](O)(CC(C)(C)O)c1ccccc1)C(=O)O. The number of rotatable bonds is 9. The molecule has 7 nitrogen and oxygen atoms in total. The second-order valence-electron chi connectivity index (χ2n) is 9.78. The highest BCUT2D eigenvalue weighted by molar-refractivity contribution is 5.66. The number of carbonyl (C=O) groups is 1. The van der Waals surface area contributed by atoms with Crippen LogP contribution in [0.3, 0.4) is 0 Å². The first-order valence-corrected chi connectivity index (χ1v) is 11.7. The van der Waals surface area contributed by atoms with Crippen molar-refractivity contribution in [3.8, 4) is 11.1 Å². The Morgan fingerprint density at radius 1 is 1.00 bits per heavy atom. The third-order valence-electron chi connectivity index (χ3n) is 6.35. The number of aliphatic hydroxyl groups is 2. The van der Waals surface area contributed by atoms with Crippen LogP contribution in [0.15, 0.2) is 77.7 Å². The molecule has 0 aliphatic heterocycles. The minimum absolute atomic E-state index is 0.0666. The largest absolute Gasteiger partial charge is 0.465 e. The van der Waals surface area contributed by atoms with Crippen LogP contribution < -0.4 is 5.56 Å². The second kappa shape index (κ2) is 10.5. The smallest absolute Gasteiger partial charge is 0.407 e. The van der Waals surface area contributed by atoms with Gasteiger partial charge in [-0.3, -0.25) is 4.79 Å². The van der Waals surface area contributed by atoms with Gasteiger partial charge < -0.3 is 24.8 Å². The Morgan fingerprint density at radius 3 is 2.17 bits per heavy atom. The molecule has 186 valence electrons. The molecule has 7 heteroatoms. The summed E-state index contributed by atoms with van der Waals surface area (Å²) in [7, 11) is 1.69. The van der Waals surface area contributed by atoms with Crippen LogP contribution in [0, 0.1) is 0 Å². The molecule has 0 unspecified atom stereocenters. The molecule has 3 rings (SSSR count). The molecule has 1 heterocycles. The number of benzene rings is 2. The Balaban J connectivity index is 1.81. The zero-order valence-electron chi connectivity index (χ0n) is 20.7. The fourth-order valence-corrected chi connectivity index (χ4v) is 4.42. The van der Waals surface area contributed by atoms with Crippen molar-refractivity contribution in [1.82, 2.24) is 9.47 Å². The molecule has 35 heavy (non-hydrogen) atoms. The fourth-order valence-electron chi connectivity index (χ4n) is 4.42. The standard InChI is InChI=1S/C28H34N2O5/c1-20(21-10-12-22(13-11-21)23-14-16-29(4)25(31)18-23)30(26(32)33)17-15-28(35,19-27(2,3)34)24-8-6-5-7-9-24/h5-14,16,18,20,34-35H,15,17,19H2,1-4H3,(H,32,33)/t20-,28-/m0/s1. The first kappa shape index (κ1) is 26.2. The summed E-state index contributed by atoms with van der Waals surface area (Å²) < 4.78 is 1.50. The normalized spacial score (nSPS) is 14.2. The molecule has 0 aliphatic carbocycles. The van der Waals surface area contributed by atoms with E-state index < -0.39 is 23.3 Å². The third-order valence-corrected chi connectivity index (χ3v) is 6.35. The van der Waals surface area contributed by atoms with Crippen molar-refractivity contribution >= 4 is 6.09 Å². The van der Waals surface area contributed by atoms with E-state index >= 15 is 0 Å². The molecular weight excluding hydrogens is 444 g/mol. The fraction of sp³-hybridized carbons (Fsp3) is 0.357. The minimum Gasteiger partial charge on any atom is -0.465 e. The van der Waals surface area contributed by atoms with Gasteiger partial charge in [0.2, 0.25) is 0 Å². The second-order valence-corrected chi connectivity index (χ2v) is 9.78. The molecule has 2 atom stereocenters. The lowest BCUT2D eigenvalue weighted by Crippen LogP contribution is -2.41. The maximum absolute atomic E-state index is 12.2. The van der Waals surface area contributed by atoms with Crippen molar-refractivity contribution in [1.29, 1.82) is 0 Å². The van der Waals surface area contributed by atoms with Gasteiger partial charge in [0.15, 0.2) is 0 Å². The summed E-state index contributed by atoms with van der Waals surface area (Å²) in [5, 5.41) is 31.9. The van der Waals surface area contributed by atoms with Crippen LogP contribution in [0.25, 0.3) is 11.1 Å². The van der Waals surface area contributed by atoms with E-state index in [-0.39, 0.29) is 24.9 Å². The Bertz CT molecular complexity index is 1200. The molecular formula is C28H34N2O5. The van der Waals surface area contributed by atoms with E-state index in [4.69, 9.17) is 0 Å². The van der Waals surface area contributed by atoms with Gasteiger partial charge in [0.25, 0.3) is 5.56 Å². The minimum atomic E-state index is -1.39. The van der Waals surface area contributed by atoms with Crippen molar-refractivity contribution in [2.45, 2.75) is 50.9 Å². The number of pyridine rings is 1. The molecule has 0 fully saturated rings. The molecule has 0 bridgehead atoms. The van der Waals surface area contributed by atoms with Crippen molar-refractivity contribution in [2.75, 3.05) is 6.54 Å². The lowest BCUT2D eigenvalue weighted by Gasteiger charge is -2.36. The van der Waals surface area contributed by atoms with E-state index in [1.54, 1.807) is 52.2 Å². The van der Waals surface area contributed by atoms with E-state index in [2.05, 4.69) is 0 Å². The first-order valence-electron chi connectivity index (χ1n) is 11.7. The summed E-state index contributed by atoms with van der Waals surface area (Å²) >= 11 is 0. The first-order chi connectivity index (χ1) is 16.4. The van der Waals surface area contributed by atoms with Gasteiger partial charge in [-0.2, -0.15) is 0 Å². The van der Waals surface area contributed by atoms with Crippen LogP contribution >= 0.6 is 0 Å². The Kier molecular flexibility index (Phi) is 7.83. The van der Waals surface area contributed by atoms with Gasteiger partial charge in [0.05, 0.1) is 17.2 Å². The van der Waals surface area contributed by atoms with E-state index in [9.17, 15) is 24.9 Å². The Labute approximate surface area is 205 Å². The molecule has 1 amide bonds. The highest BCUT2D eigenvalue weighted by Crippen LogP contribution is 2.35. The number of hydrogen-bond donors (Lipinski definition) is 3. The number of aryl methyl sites for hydroxylation is 1. The van der Waals surface area contributed by atoms with Crippen molar-refractivity contribution in [3.63, 3.8) is 0 Å². The predicted octanol–water partition coefficient (Wildman–Crippen LogP) is 4.53. The lowest BCUT2D eigenvalue weighted by atomic mass is 9.81. The number of hydrogen-bond acceptors (Lipinski definition) is 4. The molecule has 3 N–H and O–H groups in total.